The molecular weight excluding hydrogens is 300 g/mol. The van der Waals surface area contributed by atoms with Crippen LogP contribution in [0.15, 0.2) is 24.3 Å². The van der Waals surface area contributed by atoms with Crippen LogP contribution in [0.2, 0.25) is 0 Å². The van der Waals surface area contributed by atoms with E-state index in [1.54, 1.807) is 12.1 Å². The van der Waals surface area contributed by atoms with Crippen LogP contribution in [0.3, 0.4) is 0 Å². The molecule has 1 saturated heterocycles. The average molecular weight is 315 g/mol. The minimum Gasteiger partial charge on any atom is -0.479 e. The Hall–Kier alpha value is -2.22. The van der Waals surface area contributed by atoms with Gasteiger partial charge in [0.1, 0.15) is 11.9 Å². The van der Waals surface area contributed by atoms with Gasteiger partial charge in [0, 0.05) is 6.54 Å². The van der Waals surface area contributed by atoms with Crippen molar-refractivity contribution in [1.29, 1.82) is 0 Å². The van der Waals surface area contributed by atoms with Crippen LogP contribution in [0.4, 0.5) is 8.78 Å². The summed E-state index contributed by atoms with van der Waals surface area (Å²) in [6.45, 7) is -2.70. The van der Waals surface area contributed by atoms with E-state index in [-0.39, 0.29) is 12.3 Å². The number of alkyl halides is 2. The summed E-state index contributed by atoms with van der Waals surface area (Å²) in [4.78, 5) is 22.6. The monoisotopic (exact) mass is 315 g/mol. The van der Waals surface area contributed by atoms with Crippen molar-refractivity contribution >= 4 is 11.9 Å². The Balaban J connectivity index is 1.80. The molecule has 0 saturated carbocycles. The third-order valence-electron chi connectivity index (χ3n) is 3.20. The second kappa shape index (κ2) is 7.17. The maximum atomic E-state index is 12.0. The van der Waals surface area contributed by atoms with E-state index < -0.39 is 30.7 Å². The van der Waals surface area contributed by atoms with Gasteiger partial charge in [-0.25, -0.2) is 4.79 Å². The fourth-order valence-electron chi connectivity index (χ4n) is 2.10. The third kappa shape index (κ3) is 4.39. The van der Waals surface area contributed by atoms with E-state index in [1.165, 1.54) is 12.1 Å². The Bertz CT molecular complexity index is 535. The number of carboxylic acid groups (broad SMARTS) is 1. The highest BCUT2D eigenvalue weighted by Gasteiger charge is 2.34. The Labute approximate surface area is 125 Å². The first kappa shape index (κ1) is 16.2. The van der Waals surface area contributed by atoms with Crippen LogP contribution >= 0.6 is 0 Å². The van der Waals surface area contributed by atoms with E-state index in [4.69, 9.17) is 9.84 Å². The number of ether oxygens (including phenoxy) is 2. The number of nitrogens with one attached hydrogen (secondary N) is 1. The highest BCUT2D eigenvalue weighted by Crippen LogP contribution is 2.20. The number of rotatable bonds is 6. The Morgan fingerprint density at radius 1 is 1.27 bits per heavy atom. The second-order valence-electron chi connectivity index (χ2n) is 4.77. The van der Waals surface area contributed by atoms with E-state index >= 15 is 0 Å². The maximum absolute atomic E-state index is 12.0. The van der Waals surface area contributed by atoms with Crippen LogP contribution in [-0.2, 0) is 20.9 Å². The van der Waals surface area contributed by atoms with Gasteiger partial charge in [0.15, 0.2) is 6.10 Å². The number of benzene rings is 1. The van der Waals surface area contributed by atoms with Crippen molar-refractivity contribution in [2.45, 2.75) is 38.2 Å². The lowest BCUT2D eigenvalue weighted by molar-refractivity contribution is -0.151. The van der Waals surface area contributed by atoms with Gasteiger partial charge < -0.3 is 19.9 Å². The lowest BCUT2D eigenvalue weighted by Crippen LogP contribution is -2.35. The highest BCUT2D eigenvalue weighted by molar-refractivity contribution is 5.82. The van der Waals surface area contributed by atoms with E-state index in [1.807, 2.05) is 0 Å². The molecule has 1 heterocycles. The van der Waals surface area contributed by atoms with E-state index in [0.717, 1.165) is 0 Å². The number of hydrogen-bond donors (Lipinski definition) is 2. The Morgan fingerprint density at radius 2 is 1.91 bits per heavy atom. The molecular formula is C14H15F2NO5. The molecule has 2 atom stereocenters. The normalized spacial score (nSPS) is 20.9. The molecule has 0 spiro atoms. The molecule has 1 fully saturated rings. The van der Waals surface area contributed by atoms with Crippen LogP contribution in [0.1, 0.15) is 18.4 Å². The minimum absolute atomic E-state index is 0.0357. The van der Waals surface area contributed by atoms with Crippen molar-refractivity contribution in [3.05, 3.63) is 29.8 Å². The summed E-state index contributed by atoms with van der Waals surface area (Å²) >= 11 is 0. The molecule has 0 radical (unpaired) electrons. The summed E-state index contributed by atoms with van der Waals surface area (Å²) in [5.41, 5.74) is 0.697. The van der Waals surface area contributed by atoms with Crippen LogP contribution < -0.4 is 10.1 Å². The quantitative estimate of drug-likeness (QED) is 0.832. The van der Waals surface area contributed by atoms with E-state index in [9.17, 15) is 18.4 Å². The number of carbonyl (C=O) groups is 2. The topological polar surface area (TPSA) is 84.9 Å². The maximum Gasteiger partial charge on any atom is 0.387 e. The van der Waals surface area contributed by atoms with Gasteiger partial charge in [-0.1, -0.05) is 12.1 Å². The predicted octanol–water partition coefficient (Wildman–Crippen LogP) is 1.54. The molecule has 1 aromatic rings. The number of carbonyl (C=O) groups excluding carboxylic acids is 1. The molecule has 0 aromatic heterocycles. The van der Waals surface area contributed by atoms with Crippen molar-refractivity contribution in [1.82, 2.24) is 5.32 Å². The molecule has 120 valence electrons. The molecule has 1 aliphatic rings. The van der Waals surface area contributed by atoms with Gasteiger partial charge in [0.05, 0.1) is 0 Å². The largest absolute Gasteiger partial charge is 0.479 e. The van der Waals surface area contributed by atoms with E-state index in [0.29, 0.717) is 18.4 Å². The number of amides is 1. The van der Waals surface area contributed by atoms with Gasteiger partial charge in [0.2, 0.25) is 5.91 Å². The first-order valence-electron chi connectivity index (χ1n) is 6.65. The minimum atomic E-state index is -2.88. The lowest BCUT2D eigenvalue weighted by Gasteiger charge is -2.12. The number of aliphatic carboxylic acids is 1. The van der Waals surface area contributed by atoms with Crippen molar-refractivity contribution in [3.63, 3.8) is 0 Å². The molecule has 6 nitrogen and oxygen atoms in total. The van der Waals surface area contributed by atoms with Crippen molar-refractivity contribution in [2.24, 2.45) is 0 Å². The molecule has 2 N–H and O–H groups in total. The molecule has 1 aromatic carbocycles. The smallest absolute Gasteiger partial charge is 0.387 e. The zero-order chi connectivity index (χ0) is 16.1. The van der Waals surface area contributed by atoms with Crippen LogP contribution in [0, 0.1) is 0 Å². The fraction of sp³-hybridized carbons (Fsp3) is 0.429. The lowest BCUT2D eigenvalue weighted by atomic mass is 10.1. The first-order valence-corrected chi connectivity index (χ1v) is 6.65. The van der Waals surface area contributed by atoms with Crippen molar-refractivity contribution in [2.75, 3.05) is 0 Å². The average Bonchev–Trinajstić information content (AvgIpc) is 2.96. The van der Waals surface area contributed by atoms with Gasteiger partial charge in [-0.15, -0.1) is 0 Å². The molecule has 0 unspecified atom stereocenters. The summed E-state index contributed by atoms with van der Waals surface area (Å²) in [5, 5.41) is 11.4. The Kier molecular flexibility index (Phi) is 5.26. The standard InChI is InChI=1S/C14H15F2NO5/c15-14(16)21-9-3-1-8(2-4-9)7-17-12(18)10-5-6-11(22-10)13(19)20/h1-4,10-11,14H,5-7H2,(H,17,18)(H,19,20)/t10-,11+/m0/s1. The molecule has 0 bridgehead atoms. The van der Waals surface area contributed by atoms with Crippen molar-refractivity contribution in [3.8, 4) is 5.75 Å². The summed E-state index contributed by atoms with van der Waals surface area (Å²) in [6.07, 6.45) is -1.07. The van der Waals surface area contributed by atoms with E-state index in [2.05, 4.69) is 10.1 Å². The summed E-state index contributed by atoms with van der Waals surface area (Å²) < 4.78 is 33.3. The second-order valence-corrected chi connectivity index (χ2v) is 4.77. The summed E-state index contributed by atoms with van der Waals surface area (Å²) in [6, 6.07) is 5.85. The van der Waals surface area contributed by atoms with Gasteiger partial charge in [-0.2, -0.15) is 8.78 Å². The molecule has 8 heteroatoms. The van der Waals surface area contributed by atoms with Gasteiger partial charge in [0.25, 0.3) is 0 Å². The van der Waals surface area contributed by atoms with Crippen LogP contribution in [0.5, 0.6) is 5.75 Å². The number of carboxylic acids is 1. The molecule has 22 heavy (non-hydrogen) atoms. The van der Waals surface area contributed by atoms with Gasteiger partial charge in [-0.3, -0.25) is 4.79 Å². The molecule has 0 aliphatic carbocycles. The zero-order valence-corrected chi connectivity index (χ0v) is 11.5. The van der Waals surface area contributed by atoms with Gasteiger partial charge in [-0.05, 0) is 30.5 Å². The Morgan fingerprint density at radius 3 is 2.45 bits per heavy atom. The SMILES string of the molecule is O=C(NCc1ccc(OC(F)F)cc1)[C@@H]1CC[C@H](C(=O)O)O1. The van der Waals surface area contributed by atoms with Crippen LogP contribution in [0.25, 0.3) is 0 Å². The summed E-state index contributed by atoms with van der Waals surface area (Å²) in [7, 11) is 0. The molecule has 2 rings (SSSR count). The molecule has 1 amide bonds. The van der Waals surface area contributed by atoms with Gasteiger partial charge >= 0.3 is 12.6 Å². The summed E-state index contributed by atoms with van der Waals surface area (Å²) in [5.74, 6) is -1.44. The predicted molar refractivity (Wildman–Crippen MR) is 70.5 cm³/mol. The first-order chi connectivity index (χ1) is 10.5. The zero-order valence-electron chi connectivity index (χ0n) is 11.5. The number of halogens is 2. The number of hydrogen-bond acceptors (Lipinski definition) is 4. The third-order valence-corrected chi connectivity index (χ3v) is 3.20. The van der Waals surface area contributed by atoms with Crippen molar-refractivity contribution < 1.29 is 33.0 Å². The van der Waals surface area contributed by atoms with Crippen LogP contribution in [-0.4, -0.2) is 35.8 Å². The molecule has 1 aliphatic heterocycles. The highest BCUT2D eigenvalue weighted by atomic mass is 19.3. The fourth-order valence-corrected chi connectivity index (χ4v) is 2.10.